The van der Waals surface area contributed by atoms with Crippen LogP contribution < -0.4 is 5.73 Å². The number of rotatable bonds is 2. The maximum atomic E-state index is 6.11. The molecule has 2 N–H and O–H groups in total. The van der Waals surface area contributed by atoms with Crippen LogP contribution in [0.15, 0.2) is 4.99 Å². The summed E-state index contributed by atoms with van der Waals surface area (Å²) in [5, 5.41) is 0. The molecule has 3 rings (SSSR count). The Balaban J connectivity index is 1.64. The summed E-state index contributed by atoms with van der Waals surface area (Å²) in [5.74, 6) is 2.40. The molecule has 1 aliphatic heterocycles. The number of hydrogen-bond acceptors (Lipinski definition) is 3. The second kappa shape index (κ2) is 4.97. The molecule has 17 heavy (non-hydrogen) atoms. The van der Waals surface area contributed by atoms with E-state index in [4.69, 9.17) is 15.5 Å². The minimum atomic E-state index is 0.384. The van der Waals surface area contributed by atoms with Crippen molar-refractivity contribution in [3.8, 4) is 0 Å². The second-order valence-corrected chi connectivity index (χ2v) is 5.94. The van der Waals surface area contributed by atoms with Gasteiger partial charge in [-0.1, -0.05) is 19.3 Å². The number of nitrogens with zero attached hydrogens (tertiary/aromatic N) is 1. The third kappa shape index (κ3) is 2.35. The summed E-state index contributed by atoms with van der Waals surface area (Å²) in [5.41, 5.74) is 5.77. The highest BCUT2D eigenvalue weighted by Gasteiger charge is 2.38. The molecule has 96 valence electrons. The fraction of sp³-hybridized carbons (Fsp3) is 0.929. The molecule has 0 bridgehead atoms. The molecule has 3 unspecified atom stereocenters. The van der Waals surface area contributed by atoms with E-state index >= 15 is 0 Å². The Morgan fingerprint density at radius 2 is 1.94 bits per heavy atom. The van der Waals surface area contributed by atoms with Gasteiger partial charge in [-0.15, -0.1) is 0 Å². The monoisotopic (exact) mass is 236 g/mol. The van der Waals surface area contributed by atoms with Gasteiger partial charge in [0.15, 0.2) is 5.90 Å². The van der Waals surface area contributed by atoms with Crippen molar-refractivity contribution in [1.82, 2.24) is 0 Å². The van der Waals surface area contributed by atoms with Gasteiger partial charge in [-0.25, -0.2) is 4.99 Å². The normalized spacial score (nSPS) is 38.4. The zero-order chi connectivity index (χ0) is 11.7. The van der Waals surface area contributed by atoms with Crippen LogP contribution in [-0.4, -0.2) is 24.6 Å². The van der Waals surface area contributed by atoms with E-state index in [1.54, 1.807) is 0 Å². The number of hydrogen-bond donors (Lipinski definition) is 1. The smallest absolute Gasteiger partial charge is 0.187 e. The molecule has 0 amide bonds. The van der Waals surface area contributed by atoms with E-state index < -0.39 is 0 Å². The Morgan fingerprint density at radius 1 is 1.12 bits per heavy atom. The molecule has 1 heterocycles. The first-order valence-electron chi connectivity index (χ1n) is 7.31. The van der Waals surface area contributed by atoms with Gasteiger partial charge in [0.2, 0.25) is 0 Å². The predicted octanol–water partition coefficient (Wildman–Crippen LogP) is 2.49. The van der Waals surface area contributed by atoms with Gasteiger partial charge in [0.1, 0.15) is 6.10 Å². The summed E-state index contributed by atoms with van der Waals surface area (Å²) in [6.45, 7) is 0.817. The van der Waals surface area contributed by atoms with Gasteiger partial charge < -0.3 is 10.5 Å². The van der Waals surface area contributed by atoms with Gasteiger partial charge in [-0.3, -0.25) is 0 Å². The molecule has 2 fully saturated rings. The molecule has 0 spiro atoms. The van der Waals surface area contributed by atoms with Crippen LogP contribution in [0.4, 0.5) is 0 Å². The lowest BCUT2D eigenvalue weighted by Gasteiger charge is -2.28. The molecule has 2 aliphatic carbocycles. The highest BCUT2D eigenvalue weighted by molar-refractivity contribution is 5.80. The van der Waals surface area contributed by atoms with Crippen molar-refractivity contribution < 1.29 is 4.74 Å². The molecule has 0 aromatic carbocycles. The van der Waals surface area contributed by atoms with Gasteiger partial charge in [0.25, 0.3) is 0 Å². The van der Waals surface area contributed by atoms with Crippen LogP contribution in [0.3, 0.4) is 0 Å². The first-order chi connectivity index (χ1) is 8.36. The van der Waals surface area contributed by atoms with E-state index in [9.17, 15) is 0 Å². The molecule has 3 atom stereocenters. The molecule has 3 aliphatic rings. The first kappa shape index (κ1) is 11.5. The average Bonchev–Trinajstić information content (AvgIpc) is 2.82. The summed E-state index contributed by atoms with van der Waals surface area (Å²) >= 11 is 0. The summed E-state index contributed by atoms with van der Waals surface area (Å²) in [6.07, 6.45) is 10.6. The average molecular weight is 236 g/mol. The van der Waals surface area contributed by atoms with E-state index in [1.165, 1.54) is 38.5 Å². The number of ether oxygens (including phenoxy) is 1. The van der Waals surface area contributed by atoms with Crippen molar-refractivity contribution in [2.24, 2.45) is 22.6 Å². The zero-order valence-corrected chi connectivity index (χ0v) is 10.6. The molecule has 3 heteroatoms. The summed E-state index contributed by atoms with van der Waals surface area (Å²) in [7, 11) is 0. The van der Waals surface area contributed by atoms with Gasteiger partial charge >= 0.3 is 0 Å². The highest BCUT2D eigenvalue weighted by Crippen LogP contribution is 2.36. The molecule has 0 saturated heterocycles. The lowest BCUT2D eigenvalue weighted by molar-refractivity contribution is 0.121. The van der Waals surface area contributed by atoms with Crippen molar-refractivity contribution >= 4 is 5.90 Å². The minimum Gasteiger partial charge on any atom is -0.475 e. The summed E-state index contributed by atoms with van der Waals surface area (Å²) < 4.78 is 6.11. The number of nitrogens with two attached hydrogens (primary N) is 1. The summed E-state index contributed by atoms with van der Waals surface area (Å²) in [6, 6.07) is 0.425. The molecule has 3 nitrogen and oxygen atoms in total. The third-order valence-corrected chi connectivity index (χ3v) is 4.72. The maximum Gasteiger partial charge on any atom is 0.187 e. The largest absolute Gasteiger partial charge is 0.475 e. The SMILES string of the molecule is NCC1CCC2OC(C3CCCCC3)=NC2C1. The van der Waals surface area contributed by atoms with Crippen LogP contribution in [0.25, 0.3) is 0 Å². The van der Waals surface area contributed by atoms with Crippen molar-refractivity contribution in [2.75, 3.05) is 6.54 Å². The number of fused-ring (bicyclic) bond motifs is 1. The Kier molecular flexibility index (Phi) is 3.37. The van der Waals surface area contributed by atoms with Crippen molar-refractivity contribution in [3.63, 3.8) is 0 Å². The third-order valence-electron chi connectivity index (χ3n) is 4.72. The van der Waals surface area contributed by atoms with Crippen LogP contribution in [0, 0.1) is 11.8 Å². The Labute approximate surface area is 104 Å². The van der Waals surface area contributed by atoms with Gasteiger partial charge in [-0.2, -0.15) is 0 Å². The summed E-state index contributed by atoms with van der Waals surface area (Å²) in [4.78, 5) is 4.87. The number of aliphatic imine (C=N–C) groups is 1. The van der Waals surface area contributed by atoms with E-state index in [0.29, 0.717) is 24.0 Å². The van der Waals surface area contributed by atoms with Crippen molar-refractivity contribution in [1.29, 1.82) is 0 Å². The van der Waals surface area contributed by atoms with Crippen LogP contribution >= 0.6 is 0 Å². The highest BCUT2D eigenvalue weighted by atomic mass is 16.5. The molecule has 0 aromatic heterocycles. The van der Waals surface area contributed by atoms with Crippen LogP contribution in [0.2, 0.25) is 0 Å². The lowest BCUT2D eigenvalue weighted by Crippen LogP contribution is -2.33. The standard InChI is InChI=1S/C14H24N2O/c15-9-10-6-7-13-12(8-10)16-14(17-13)11-4-2-1-3-5-11/h10-13H,1-9,15H2. The van der Waals surface area contributed by atoms with E-state index in [2.05, 4.69) is 0 Å². The fourth-order valence-electron chi connectivity index (χ4n) is 3.59. The zero-order valence-electron chi connectivity index (χ0n) is 10.6. The molecular formula is C14H24N2O. The Bertz CT molecular complexity index is 297. The minimum absolute atomic E-state index is 0.384. The molecule has 0 radical (unpaired) electrons. The molecule has 0 aromatic rings. The molecular weight excluding hydrogens is 212 g/mol. The second-order valence-electron chi connectivity index (χ2n) is 5.94. The topological polar surface area (TPSA) is 47.6 Å². The van der Waals surface area contributed by atoms with Crippen molar-refractivity contribution in [3.05, 3.63) is 0 Å². The van der Waals surface area contributed by atoms with E-state index in [0.717, 1.165) is 25.3 Å². The van der Waals surface area contributed by atoms with Crippen molar-refractivity contribution in [2.45, 2.75) is 63.5 Å². The molecule has 2 saturated carbocycles. The van der Waals surface area contributed by atoms with Gasteiger partial charge in [-0.05, 0) is 44.6 Å². The van der Waals surface area contributed by atoms with E-state index in [-0.39, 0.29) is 0 Å². The maximum absolute atomic E-state index is 6.11. The first-order valence-corrected chi connectivity index (χ1v) is 7.31. The predicted molar refractivity (Wildman–Crippen MR) is 69.1 cm³/mol. The Hall–Kier alpha value is -0.570. The van der Waals surface area contributed by atoms with Crippen LogP contribution in [-0.2, 0) is 4.74 Å². The lowest BCUT2D eigenvalue weighted by atomic mass is 9.84. The van der Waals surface area contributed by atoms with Gasteiger partial charge in [0, 0.05) is 5.92 Å². The van der Waals surface area contributed by atoms with Crippen LogP contribution in [0.5, 0.6) is 0 Å². The fourth-order valence-corrected chi connectivity index (χ4v) is 3.59. The quantitative estimate of drug-likeness (QED) is 0.800. The van der Waals surface area contributed by atoms with E-state index in [1.807, 2.05) is 0 Å². The Morgan fingerprint density at radius 3 is 2.71 bits per heavy atom. The van der Waals surface area contributed by atoms with Crippen LogP contribution in [0.1, 0.15) is 51.4 Å². The van der Waals surface area contributed by atoms with Gasteiger partial charge in [0.05, 0.1) is 6.04 Å².